The molecule has 1 aliphatic heterocycles. The predicted octanol–water partition coefficient (Wildman–Crippen LogP) is 14.1. The Morgan fingerprint density at radius 1 is 0.630 bits per heavy atom. The second-order valence-electron chi connectivity index (χ2n) is 25.6. The van der Waals surface area contributed by atoms with Gasteiger partial charge in [0.05, 0.1) is 24.2 Å². The van der Waals surface area contributed by atoms with Crippen molar-refractivity contribution in [3.05, 3.63) is 157 Å². The molecular formula is C75H107AcNO15. The molecule has 1 radical (unpaired) electrons. The number of nitrogens with one attached hydrogen (secondary N) is 1. The molecule has 2 unspecified atom stereocenters. The molecule has 11 atom stereocenters. The van der Waals surface area contributed by atoms with Gasteiger partial charge in [0.15, 0.2) is 18.0 Å². The Balaban J connectivity index is 0.0000221. The van der Waals surface area contributed by atoms with Gasteiger partial charge in [0.2, 0.25) is 0 Å². The number of carbonyl (C=O) groups is 6. The van der Waals surface area contributed by atoms with E-state index in [4.69, 9.17) is 28.4 Å². The van der Waals surface area contributed by atoms with Crippen LogP contribution in [0.15, 0.2) is 157 Å². The van der Waals surface area contributed by atoms with Crippen LogP contribution in [0.4, 0.5) is 4.79 Å². The molecule has 0 aromatic rings. The maximum atomic E-state index is 16.3. The third kappa shape index (κ3) is 24.5. The monoisotopic (exact) mass is 1490 g/mol. The Hall–Kier alpha value is -5.28. The van der Waals surface area contributed by atoms with E-state index in [0.717, 1.165) is 71.1 Å². The topological polar surface area (TPSA) is 231 Å². The van der Waals surface area contributed by atoms with E-state index in [1.54, 1.807) is 41.5 Å². The number of rotatable bonds is 35. The van der Waals surface area contributed by atoms with Crippen LogP contribution in [-0.4, -0.2) is 117 Å². The molecule has 2 bridgehead atoms. The molecule has 4 aliphatic rings. The van der Waals surface area contributed by atoms with Crippen LogP contribution in [0.3, 0.4) is 0 Å². The SMILES string of the molecule is CC/C=C\C/C=C\C/C=C\C/C=C\C/C=C\C/C=C\CCC(=O)O[C@H]1C(=O)[C@]2(C)[C@@H](OC(=O)CC/C=C\C/C=C\C/C=C\C/C=C\C/C=C\C/C=C\CC)C[C@H]3OC[C@@]3(O)[C@H]2[C@H](OC(C)=O)[C@]2(O)CC(OC(=O)C(O)[C@H](C)NC(=O)OC(C)(C)C)C(C)=C1C2(C)C.[Ac]. The fourth-order valence-corrected chi connectivity index (χ4v) is 12.1. The summed E-state index contributed by atoms with van der Waals surface area (Å²) in [5, 5.41) is 40.4. The van der Waals surface area contributed by atoms with Crippen molar-refractivity contribution >= 4 is 35.8 Å². The van der Waals surface area contributed by atoms with Gasteiger partial charge >= 0.3 is 30.0 Å². The number of Topliss-reactive ketones (excluding diaryl/α,β-unsaturated/α-hetero) is 1. The van der Waals surface area contributed by atoms with Gasteiger partial charge < -0.3 is 49.1 Å². The van der Waals surface area contributed by atoms with E-state index in [-0.39, 0.29) is 87.5 Å². The fraction of sp³-hybridized carbons (Fsp3) is 0.573. The molecule has 505 valence electrons. The first-order valence-electron chi connectivity index (χ1n) is 32.9. The van der Waals surface area contributed by atoms with Gasteiger partial charge in [0.1, 0.15) is 35.1 Å². The standard InChI is InChI=1S/C75H107NO15.Ac/c1-12-14-16-18-20-22-24-26-28-30-32-34-36-38-40-42-44-46-48-50-61(78)89-59-52-60-74(84,54-86-60)66-68(87-57(5)77)75(85)53-58(88-69(82)64(80)56(4)76-70(83)91-71(6,7)8)55(3)63(72(75,9)10)65(67(81)73(59,66)11)90-62(79)51-49-47-45-43-41-39-37-35-33-31-29-27-25-23-21-19-17-15-13-2;/h14-17,20-23,26-29,32-35,38-41,44-47,56,58-60,64-66,68,80,84-85H,12-13,18-19,24-25,30-31,36-37,42-43,48-54H2,1-11H3,(H,76,83);/b16-14-,17-15-,22-20-,23-21-,28-26-,29-27-,34-32-,35-33-,40-38-,41-39-,46-44-,47-45-;/t56-,58?,59-,60+,64?,65+,66-,68-,73+,74-,75+;/m0./s1. The molecule has 4 rings (SSSR count). The van der Waals surface area contributed by atoms with Crippen molar-refractivity contribution in [2.24, 2.45) is 16.7 Å². The van der Waals surface area contributed by atoms with Gasteiger partial charge in [-0.15, -0.1) is 0 Å². The fourth-order valence-electron chi connectivity index (χ4n) is 12.1. The van der Waals surface area contributed by atoms with Crippen molar-refractivity contribution < 1.29 is 117 Å². The van der Waals surface area contributed by atoms with Crippen LogP contribution in [0, 0.1) is 60.8 Å². The maximum Gasteiger partial charge on any atom is 0.407 e. The second kappa shape index (κ2) is 40.9. The molecule has 92 heavy (non-hydrogen) atoms. The quantitative estimate of drug-likeness (QED) is 0.0263. The van der Waals surface area contributed by atoms with Gasteiger partial charge in [0.25, 0.3) is 0 Å². The van der Waals surface area contributed by atoms with Gasteiger partial charge in [0, 0.05) is 88.0 Å². The van der Waals surface area contributed by atoms with E-state index in [9.17, 15) is 39.3 Å². The number of ether oxygens (including phenoxy) is 6. The van der Waals surface area contributed by atoms with Crippen LogP contribution in [0.1, 0.15) is 192 Å². The number of allylic oxidation sites excluding steroid dienone is 24. The zero-order chi connectivity index (χ0) is 67.1. The van der Waals surface area contributed by atoms with E-state index < -0.39 is 118 Å². The van der Waals surface area contributed by atoms with Crippen LogP contribution in [0.25, 0.3) is 0 Å². The number of fused-ring (bicyclic) bond motifs is 5. The van der Waals surface area contributed by atoms with Crippen LogP contribution < -0.4 is 5.32 Å². The van der Waals surface area contributed by atoms with E-state index >= 15 is 4.79 Å². The maximum absolute atomic E-state index is 16.3. The smallest absolute Gasteiger partial charge is 0.407 e. The minimum Gasteiger partial charge on any atom is -0.461 e. The molecule has 4 N–H and O–H groups in total. The second-order valence-corrected chi connectivity index (χ2v) is 25.6. The predicted molar refractivity (Wildman–Crippen MR) is 357 cm³/mol. The Labute approximate surface area is 584 Å². The Morgan fingerprint density at radius 2 is 1.03 bits per heavy atom. The molecule has 1 amide bonds. The van der Waals surface area contributed by atoms with Crippen LogP contribution >= 0.6 is 0 Å². The number of amides is 1. The number of aliphatic hydroxyl groups excluding tert-OH is 1. The average molecular weight is 1490 g/mol. The Kier molecular flexibility index (Phi) is 35.9. The number of carbonyl (C=O) groups excluding carboxylic acids is 6. The molecule has 3 aliphatic carbocycles. The average Bonchev–Trinajstić information content (AvgIpc) is 0.673. The third-order valence-electron chi connectivity index (χ3n) is 17.1. The molecule has 1 saturated heterocycles. The van der Waals surface area contributed by atoms with Gasteiger partial charge in [-0.1, -0.05) is 174 Å². The number of alkyl carbamates (subject to hydrolysis) is 1. The molecule has 1 heterocycles. The molecule has 17 heteroatoms. The van der Waals surface area contributed by atoms with Crippen molar-refractivity contribution in [1.29, 1.82) is 0 Å². The summed E-state index contributed by atoms with van der Waals surface area (Å²) in [5.74, 6) is -6.00. The van der Waals surface area contributed by atoms with Crippen molar-refractivity contribution in [3.63, 3.8) is 0 Å². The van der Waals surface area contributed by atoms with E-state index in [2.05, 4.69) is 129 Å². The zero-order valence-electron chi connectivity index (χ0n) is 56.7. The molecule has 0 aromatic carbocycles. The Bertz CT molecular complexity index is 2800. The summed E-state index contributed by atoms with van der Waals surface area (Å²) in [6.45, 7) is 17.5. The molecular weight excluding hydrogens is 1380 g/mol. The van der Waals surface area contributed by atoms with E-state index in [1.807, 2.05) is 36.5 Å². The first kappa shape index (κ1) is 81.0. The van der Waals surface area contributed by atoms with Crippen molar-refractivity contribution in [2.45, 2.75) is 251 Å². The van der Waals surface area contributed by atoms with Gasteiger partial charge in [-0.3, -0.25) is 19.2 Å². The van der Waals surface area contributed by atoms with Crippen LogP contribution in [0.2, 0.25) is 0 Å². The molecule has 0 spiro atoms. The largest absolute Gasteiger partial charge is 0.461 e. The minimum absolute atomic E-state index is 0. The number of hydrogen-bond donors (Lipinski definition) is 4. The molecule has 16 nitrogen and oxygen atoms in total. The summed E-state index contributed by atoms with van der Waals surface area (Å²) in [5.41, 5.74) is -8.79. The van der Waals surface area contributed by atoms with Crippen molar-refractivity contribution in [2.75, 3.05) is 6.61 Å². The minimum atomic E-state index is -2.37. The summed E-state index contributed by atoms with van der Waals surface area (Å²) in [6.07, 6.45) is 49.4. The number of aliphatic hydroxyl groups is 3. The number of esters is 4. The van der Waals surface area contributed by atoms with Gasteiger partial charge in [-0.25, -0.2) is 9.59 Å². The summed E-state index contributed by atoms with van der Waals surface area (Å²) in [6, 6.07) is -1.24. The molecule has 2 saturated carbocycles. The first-order chi connectivity index (χ1) is 43.3. The Morgan fingerprint density at radius 3 is 1.41 bits per heavy atom. The van der Waals surface area contributed by atoms with Gasteiger partial charge in [-0.2, -0.15) is 0 Å². The summed E-state index contributed by atoms with van der Waals surface area (Å²) in [7, 11) is 0. The molecule has 3 fully saturated rings. The summed E-state index contributed by atoms with van der Waals surface area (Å²) >= 11 is 0. The zero-order valence-corrected chi connectivity index (χ0v) is 61.5. The third-order valence-corrected chi connectivity index (χ3v) is 17.1. The van der Waals surface area contributed by atoms with Crippen LogP contribution in [-0.2, 0) is 52.4 Å². The number of hydrogen-bond acceptors (Lipinski definition) is 15. The van der Waals surface area contributed by atoms with E-state index in [0.29, 0.717) is 19.3 Å². The van der Waals surface area contributed by atoms with Crippen LogP contribution in [0.5, 0.6) is 0 Å². The summed E-state index contributed by atoms with van der Waals surface area (Å²) in [4.78, 5) is 84.8. The van der Waals surface area contributed by atoms with Crippen molar-refractivity contribution in [3.8, 4) is 0 Å². The van der Waals surface area contributed by atoms with E-state index in [1.165, 1.54) is 13.8 Å². The number of ketones is 1. The van der Waals surface area contributed by atoms with Gasteiger partial charge in [-0.05, 0) is 143 Å². The first-order valence-corrected chi connectivity index (χ1v) is 32.9. The van der Waals surface area contributed by atoms with Crippen molar-refractivity contribution in [1.82, 2.24) is 5.32 Å². The normalized spacial score (nSPS) is 26.6. The summed E-state index contributed by atoms with van der Waals surface area (Å²) < 4.78 is 36.1. The molecule has 0 aromatic heterocycles.